The smallest absolute Gasteiger partial charge is 0 e. The first-order valence-electron chi connectivity index (χ1n) is 14.2. The number of esters is 2. The zero-order valence-corrected chi connectivity index (χ0v) is 36.7. The molecule has 0 atom stereocenters. The largest absolute Gasteiger partial charge is 0 e. The molecule has 0 aromatic heterocycles. The minimum atomic E-state index is -0.411. The molecule has 1 fully saturated rings. The van der Waals surface area contributed by atoms with Crippen molar-refractivity contribution in [1.29, 1.82) is 0 Å². The first-order chi connectivity index (χ1) is 21.1. The Morgan fingerprint density at radius 1 is 0.783 bits per heavy atom. The van der Waals surface area contributed by atoms with Crippen LogP contribution in [0.3, 0.4) is 0 Å². The Bertz CT molecular complexity index is 1580. The molecule has 1 heterocycles. The molecule has 1 aliphatic heterocycles. The van der Waals surface area contributed by atoms with Gasteiger partial charge in [0.2, 0.25) is 0 Å². The van der Waals surface area contributed by atoms with Crippen molar-refractivity contribution in [3.05, 3.63) is 96.4 Å². The number of hydrogen-bond donors (Lipinski definition) is 0. The predicted molar refractivity (Wildman–Crippen MR) is 209 cm³/mol. The van der Waals surface area contributed by atoms with E-state index in [0.717, 1.165) is 33.4 Å². The van der Waals surface area contributed by atoms with Crippen molar-refractivity contribution in [2.45, 2.75) is 59.2 Å². The molecule has 0 N–H and O–H groups in total. The molecule has 1 aliphatic rings. The Morgan fingerprint density at radius 2 is 1.17 bits per heavy atom. The summed E-state index contributed by atoms with van der Waals surface area (Å²) in [6.07, 6.45) is 1.00. The van der Waals surface area contributed by atoms with E-state index in [1.807, 2.05) is 96.1 Å². The number of carbonyl (C=O) groups is 2. The Kier molecular flexibility index (Phi) is 19.4. The summed E-state index contributed by atoms with van der Waals surface area (Å²) in [6, 6.07) is 23.1. The molecule has 4 aromatic rings. The molecule has 4 aromatic carbocycles. The minimum Gasteiger partial charge on any atom is 0 e. The van der Waals surface area contributed by atoms with Gasteiger partial charge >= 0.3 is 83.9 Å². The molecular weight excluding hydrogens is 998 g/mol. The van der Waals surface area contributed by atoms with Gasteiger partial charge in [-0.05, 0) is 73.8 Å². The summed E-state index contributed by atoms with van der Waals surface area (Å²) < 4.78 is 21.7. The van der Waals surface area contributed by atoms with Crippen LogP contribution in [0.5, 0.6) is 0 Å². The zero-order valence-electron chi connectivity index (χ0n) is 27.4. The number of carbonyl (C=O) groups excluding carboxylic acids is 2. The molecule has 46 heavy (non-hydrogen) atoms. The van der Waals surface area contributed by atoms with E-state index in [0.29, 0.717) is 11.1 Å². The van der Waals surface area contributed by atoms with Crippen LogP contribution in [0.15, 0.2) is 72.8 Å². The van der Waals surface area contributed by atoms with Gasteiger partial charge in [0.15, 0.2) is 0 Å². The second-order valence-corrected chi connectivity index (χ2v) is 46.4. The molecule has 0 amide bonds. The maximum atomic E-state index is 11.9. The molecule has 0 bridgehead atoms. The number of halogens is 3. The monoisotopic (exact) mass is 1040 g/mol. The van der Waals surface area contributed by atoms with Crippen molar-refractivity contribution in [3.63, 3.8) is 0 Å². The fraction of sp³-hybridized carbons (Fsp3) is 0.324. The van der Waals surface area contributed by atoms with E-state index >= 15 is 0 Å². The topological polar surface area (TPSA) is 71.1 Å². The van der Waals surface area contributed by atoms with E-state index in [1.165, 1.54) is 19.8 Å². The fourth-order valence-corrected chi connectivity index (χ4v) is 4.41. The predicted octanol–water partition coefficient (Wildman–Crippen LogP) is 9.74. The molecule has 0 aliphatic carbocycles. The summed E-state index contributed by atoms with van der Waals surface area (Å²) in [5.74, 6) is -0.622. The Morgan fingerprint density at radius 3 is 1.59 bits per heavy atom. The zero-order chi connectivity index (χ0) is 33.9. The van der Waals surface area contributed by atoms with Gasteiger partial charge in [0.1, 0.15) is 0 Å². The standard InChI is InChI=1S/C18H21BO4.C13H12O2.C3H7.3HI.2V/c1-17(2)18(3,4)23-19(22-17)13-9-10-14-12(11-13)7-6-8-15(14)16(20)21-5;1-9-6-7-11-10(8-9)4-3-5-12(11)13(14)15-2;1-3-2;;;;;/h6-11H,1-5H3;3-8H,1-2H3;1,3H2,2H3;3*1H;;/q;;-1;;;;;+3/p-3. The van der Waals surface area contributed by atoms with Crippen LogP contribution in [0.25, 0.3) is 21.5 Å². The quantitative estimate of drug-likeness (QED) is 0.0882. The molecular formula is C34H40BI3O6V2-. The van der Waals surface area contributed by atoms with Crippen molar-refractivity contribution in [2.75, 3.05) is 14.2 Å². The second-order valence-electron chi connectivity index (χ2n) is 11.1. The first-order valence-corrected chi connectivity index (χ1v) is 27.7. The molecule has 5 rings (SSSR count). The second kappa shape index (κ2) is 20.4. The van der Waals surface area contributed by atoms with Crippen LogP contribution >= 0.6 is 59.9 Å². The third-order valence-corrected chi connectivity index (χ3v) is 7.28. The number of methoxy groups -OCH3 is 2. The molecule has 12 heteroatoms. The van der Waals surface area contributed by atoms with Crippen LogP contribution < -0.4 is 5.46 Å². The fourth-order valence-electron chi connectivity index (χ4n) is 4.41. The van der Waals surface area contributed by atoms with E-state index in [9.17, 15) is 9.59 Å². The van der Waals surface area contributed by atoms with Crippen LogP contribution in [0.2, 0.25) is 0 Å². The average Bonchev–Trinajstić information content (AvgIpc) is 3.21. The molecule has 6 nitrogen and oxygen atoms in total. The number of aryl methyl sites for hydroxylation is 1. The number of ether oxygens (including phenoxy) is 2. The molecule has 1 radical (unpaired) electrons. The number of rotatable bonds is 3. The van der Waals surface area contributed by atoms with E-state index in [4.69, 9.17) is 18.8 Å². The van der Waals surface area contributed by atoms with Crippen LogP contribution in [-0.2, 0) is 42.3 Å². The summed E-state index contributed by atoms with van der Waals surface area (Å²) in [7, 11) is 2.38. The van der Waals surface area contributed by atoms with Crippen LogP contribution in [0, 0.1) is 13.8 Å². The summed E-state index contributed by atoms with van der Waals surface area (Å²) in [6.45, 7) is 15.7. The van der Waals surface area contributed by atoms with E-state index in [1.54, 1.807) is 12.1 Å². The molecule has 1 saturated heterocycles. The van der Waals surface area contributed by atoms with Crippen molar-refractivity contribution in [2.24, 2.45) is 0 Å². The van der Waals surface area contributed by atoms with Crippen molar-refractivity contribution >= 4 is 106 Å². The minimum absolute atomic E-state index is 0. The van der Waals surface area contributed by atoms with Gasteiger partial charge in [-0.2, -0.15) is 6.42 Å². The Labute approximate surface area is 323 Å². The summed E-state index contributed by atoms with van der Waals surface area (Å²) in [5, 5.41) is 3.83. The van der Waals surface area contributed by atoms with Crippen molar-refractivity contribution in [3.8, 4) is 0 Å². The Hall–Kier alpha value is -0.316. The molecule has 247 valence electrons. The SMILES string of the molecule is COC(=O)c1cccc2cc(B3OC(C)(C)C(C)(C)O3)ccc12.COC(=O)c1cccc2cc(C)ccc12.[CH2-]CC.[I][V]([I])[I].[V]. The number of benzene rings is 4. The summed E-state index contributed by atoms with van der Waals surface area (Å²) in [5.41, 5.74) is 2.56. The van der Waals surface area contributed by atoms with Gasteiger partial charge in [-0.3, -0.25) is 0 Å². The first kappa shape index (κ1) is 43.7. The van der Waals surface area contributed by atoms with Gasteiger partial charge in [-0.1, -0.05) is 73.2 Å². The molecule has 0 unspecified atom stereocenters. The Balaban J connectivity index is 0.000000396. The van der Waals surface area contributed by atoms with E-state index in [-0.39, 0.29) is 46.6 Å². The van der Waals surface area contributed by atoms with Gasteiger partial charge in [-0.15, -0.1) is 0 Å². The average molecular weight is 1040 g/mol. The van der Waals surface area contributed by atoms with Crippen molar-refractivity contribution in [1.82, 2.24) is 0 Å². The van der Waals surface area contributed by atoms with Crippen molar-refractivity contribution < 1.29 is 51.8 Å². The summed E-state index contributed by atoms with van der Waals surface area (Å²) in [4.78, 5) is 23.1. The normalized spacial score (nSPS) is 14.1. The van der Waals surface area contributed by atoms with Gasteiger partial charge < -0.3 is 25.7 Å². The van der Waals surface area contributed by atoms with Crippen LogP contribution in [0.1, 0.15) is 67.3 Å². The van der Waals surface area contributed by atoms with Gasteiger partial charge in [0.05, 0.1) is 36.5 Å². The molecule has 0 spiro atoms. The van der Waals surface area contributed by atoms with E-state index in [2.05, 4.69) is 72.9 Å². The van der Waals surface area contributed by atoms with Crippen LogP contribution in [-0.4, -0.2) is 44.5 Å². The molecule has 0 saturated carbocycles. The third kappa shape index (κ3) is 12.2. The number of fused-ring (bicyclic) bond motifs is 2. The van der Waals surface area contributed by atoms with E-state index < -0.39 is 7.12 Å². The third-order valence-electron chi connectivity index (χ3n) is 7.28. The van der Waals surface area contributed by atoms with Gasteiger partial charge in [0, 0.05) is 18.6 Å². The number of hydrogen-bond acceptors (Lipinski definition) is 6. The summed E-state index contributed by atoms with van der Waals surface area (Å²) >= 11 is 7.39. The maximum absolute atomic E-state index is 11.9. The van der Waals surface area contributed by atoms with Crippen LogP contribution in [0.4, 0.5) is 0 Å². The van der Waals surface area contributed by atoms with Gasteiger partial charge in [-0.25, -0.2) is 9.59 Å². The maximum Gasteiger partial charge on any atom is 0 e. The van der Waals surface area contributed by atoms with Gasteiger partial charge in [0.25, 0.3) is 0 Å².